The van der Waals surface area contributed by atoms with Gasteiger partial charge in [0.15, 0.2) is 0 Å². The van der Waals surface area contributed by atoms with Crippen molar-refractivity contribution in [3.8, 4) is 16.9 Å². The molecule has 3 aromatic carbocycles. The van der Waals surface area contributed by atoms with E-state index in [1.54, 1.807) is 24.3 Å². The molecule has 3 aromatic rings. The van der Waals surface area contributed by atoms with Crippen molar-refractivity contribution in [1.29, 1.82) is 0 Å². The summed E-state index contributed by atoms with van der Waals surface area (Å²) in [7, 11) is 1.45. The van der Waals surface area contributed by atoms with Crippen LogP contribution in [0.25, 0.3) is 11.1 Å². The Morgan fingerprint density at radius 1 is 0.966 bits per heavy atom. The number of hydrogen-bond donors (Lipinski definition) is 3. The van der Waals surface area contributed by atoms with Crippen LogP contribution >= 0.6 is 0 Å². The molecule has 0 saturated heterocycles. The Kier molecular flexibility index (Phi) is 5.78. The Morgan fingerprint density at radius 2 is 1.69 bits per heavy atom. The highest BCUT2D eigenvalue weighted by Gasteiger charge is 2.16. The van der Waals surface area contributed by atoms with E-state index in [1.807, 2.05) is 19.1 Å². The smallest absolute Gasteiger partial charge is 0.336 e. The van der Waals surface area contributed by atoms with Crippen molar-refractivity contribution < 1.29 is 23.8 Å². The van der Waals surface area contributed by atoms with Crippen LogP contribution in [-0.2, 0) is 0 Å². The lowest BCUT2D eigenvalue weighted by Gasteiger charge is -2.14. The van der Waals surface area contributed by atoms with Crippen molar-refractivity contribution in [2.24, 2.45) is 0 Å². The maximum atomic E-state index is 13.7. The summed E-state index contributed by atoms with van der Waals surface area (Å²) in [5.41, 5.74) is 2.56. The van der Waals surface area contributed by atoms with Gasteiger partial charge in [0, 0.05) is 5.69 Å². The number of anilines is 2. The summed E-state index contributed by atoms with van der Waals surface area (Å²) in [4.78, 5) is 23.9. The van der Waals surface area contributed by atoms with Crippen LogP contribution in [0.15, 0.2) is 60.7 Å². The van der Waals surface area contributed by atoms with Crippen molar-refractivity contribution in [1.82, 2.24) is 0 Å². The number of carboxylic acid groups (broad SMARTS) is 1. The van der Waals surface area contributed by atoms with Gasteiger partial charge in [-0.3, -0.25) is 0 Å². The first-order valence-electron chi connectivity index (χ1n) is 8.73. The molecule has 6 nitrogen and oxygen atoms in total. The zero-order valence-corrected chi connectivity index (χ0v) is 15.8. The summed E-state index contributed by atoms with van der Waals surface area (Å²) in [5.74, 6) is -1.36. The predicted molar refractivity (Wildman–Crippen MR) is 109 cm³/mol. The molecule has 0 unspecified atom stereocenters. The number of urea groups is 1. The van der Waals surface area contributed by atoms with Gasteiger partial charge in [-0.25, -0.2) is 14.0 Å². The molecule has 0 atom stereocenters. The lowest BCUT2D eigenvalue weighted by atomic mass is 9.98. The number of rotatable bonds is 5. The van der Waals surface area contributed by atoms with E-state index in [-0.39, 0.29) is 11.1 Å². The quantitative estimate of drug-likeness (QED) is 0.558. The molecular weight excluding hydrogens is 375 g/mol. The van der Waals surface area contributed by atoms with Gasteiger partial charge in [0.05, 0.1) is 18.4 Å². The maximum absolute atomic E-state index is 13.7. The highest BCUT2D eigenvalue weighted by Crippen LogP contribution is 2.33. The van der Waals surface area contributed by atoms with E-state index < -0.39 is 17.8 Å². The number of ether oxygens (including phenoxy) is 1. The second-order valence-electron chi connectivity index (χ2n) is 6.36. The van der Waals surface area contributed by atoms with Crippen LogP contribution in [0, 0.1) is 12.7 Å². The minimum atomic E-state index is -1.18. The average Bonchev–Trinajstić information content (AvgIpc) is 2.69. The number of methoxy groups -OCH3 is 1. The molecule has 0 radical (unpaired) electrons. The Labute approximate surface area is 167 Å². The molecule has 148 valence electrons. The Balaban J connectivity index is 1.92. The van der Waals surface area contributed by atoms with E-state index in [9.17, 15) is 19.1 Å². The molecule has 3 N–H and O–H groups in total. The second kappa shape index (κ2) is 8.43. The second-order valence-corrected chi connectivity index (χ2v) is 6.36. The van der Waals surface area contributed by atoms with Crippen LogP contribution in [0.1, 0.15) is 15.9 Å². The normalized spacial score (nSPS) is 10.3. The van der Waals surface area contributed by atoms with E-state index >= 15 is 0 Å². The molecule has 7 heteroatoms. The van der Waals surface area contributed by atoms with Crippen molar-refractivity contribution in [3.05, 3.63) is 77.6 Å². The fourth-order valence-electron chi connectivity index (χ4n) is 2.84. The van der Waals surface area contributed by atoms with Crippen LogP contribution < -0.4 is 15.4 Å². The molecule has 0 aliphatic heterocycles. The molecule has 0 heterocycles. The first-order chi connectivity index (χ1) is 13.9. The summed E-state index contributed by atoms with van der Waals surface area (Å²) >= 11 is 0. The third-order valence-electron chi connectivity index (χ3n) is 4.28. The number of aryl methyl sites for hydroxylation is 1. The standard InChI is InChI=1S/C22H19FN2O4/c1-13-3-7-16(8-4-13)24-22(28)25-19-11-14(5-10-20(19)29-2)18-12-15(23)6-9-17(18)21(26)27/h3-12H,1-2H3,(H,26,27)(H2,24,25,28). The van der Waals surface area contributed by atoms with E-state index in [0.717, 1.165) is 17.7 Å². The fourth-order valence-corrected chi connectivity index (χ4v) is 2.84. The SMILES string of the molecule is COc1ccc(-c2cc(F)ccc2C(=O)O)cc1NC(=O)Nc1ccc(C)cc1. The summed E-state index contributed by atoms with van der Waals surface area (Å²) < 4.78 is 19.0. The van der Waals surface area contributed by atoms with Gasteiger partial charge in [-0.15, -0.1) is 0 Å². The largest absolute Gasteiger partial charge is 0.495 e. The van der Waals surface area contributed by atoms with E-state index in [0.29, 0.717) is 22.7 Å². The minimum absolute atomic E-state index is 0.0494. The summed E-state index contributed by atoms with van der Waals surface area (Å²) in [5, 5.41) is 14.8. The summed E-state index contributed by atoms with van der Waals surface area (Å²) in [6.45, 7) is 1.94. The van der Waals surface area contributed by atoms with Crippen molar-refractivity contribution in [2.45, 2.75) is 6.92 Å². The zero-order chi connectivity index (χ0) is 21.0. The number of aromatic carboxylic acids is 1. The molecule has 0 aromatic heterocycles. The highest BCUT2D eigenvalue weighted by atomic mass is 19.1. The summed E-state index contributed by atoms with van der Waals surface area (Å²) in [6, 6.07) is 14.9. The molecule has 0 aliphatic carbocycles. The molecule has 0 aliphatic rings. The van der Waals surface area contributed by atoms with E-state index in [2.05, 4.69) is 10.6 Å². The van der Waals surface area contributed by atoms with Crippen LogP contribution in [-0.4, -0.2) is 24.2 Å². The van der Waals surface area contributed by atoms with Crippen molar-refractivity contribution in [3.63, 3.8) is 0 Å². The van der Waals surface area contributed by atoms with E-state index in [4.69, 9.17) is 4.74 Å². The maximum Gasteiger partial charge on any atom is 0.336 e. The highest BCUT2D eigenvalue weighted by molar-refractivity contribution is 6.02. The molecule has 2 amide bonds. The third kappa shape index (κ3) is 4.70. The van der Waals surface area contributed by atoms with Gasteiger partial charge >= 0.3 is 12.0 Å². The average molecular weight is 394 g/mol. The fraction of sp³-hybridized carbons (Fsp3) is 0.0909. The number of amides is 2. The monoisotopic (exact) mass is 394 g/mol. The Bertz CT molecular complexity index is 1060. The number of halogens is 1. The number of benzene rings is 3. The number of hydrogen-bond acceptors (Lipinski definition) is 3. The number of nitrogens with one attached hydrogen (secondary N) is 2. The van der Waals surface area contributed by atoms with Gasteiger partial charge in [0.1, 0.15) is 11.6 Å². The summed E-state index contributed by atoms with van der Waals surface area (Å²) in [6.07, 6.45) is 0. The van der Waals surface area contributed by atoms with Crippen LogP contribution in [0.4, 0.5) is 20.6 Å². The Hall–Kier alpha value is -3.87. The molecule has 0 bridgehead atoms. The van der Waals surface area contributed by atoms with Crippen LogP contribution in [0.3, 0.4) is 0 Å². The van der Waals surface area contributed by atoms with Crippen molar-refractivity contribution in [2.75, 3.05) is 17.7 Å². The number of carbonyl (C=O) groups excluding carboxylic acids is 1. The van der Waals surface area contributed by atoms with Gasteiger partial charge in [-0.05, 0) is 60.5 Å². The first kappa shape index (κ1) is 19.9. The lowest BCUT2D eigenvalue weighted by molar-refractivity contribution is 0.0697. The third-order valence-corrected chi connectivity index (χ3v) is 4.28. The predicted octanol–water partition coefficient (Wildman–Crippen LogP) is 5.15. The lowest BCUT2D eigenvalue weighted by Crippen LogP contribution is -2.19. The molecule has 0 fully saturated rings. The molecule has 0 saturated carbocycles. The molecule has 3 rings (SSSR count). The molecule has 0 spiro atoms. The van der Waals surface area contributed by atoms with E-state index in [1.165, 1.54) is 19.2 Å². The Morgan fingerprint density at radius 3 is 2.34 bits per heavy atom. The van der Waals surface area contributed by atoms with Gasteiger partial charge in [0.25, 0.3) is 0 Å². The number of carbonyl (C=O) groups is 2. The van der Waals surface area contributed by atoms with Gasteiger partial charge in [-0.1, -0.05) is 23.8 Å². The topological polar surface area (TPSA) is 87.7 Å². The minimum Gasteiger partial charge on any atom is -0.495 e. The van der Waals surface area contributed by atoms with Crippen LogP contribution in [0.2, 0.25) is 0 Å². The van der Waals surface area contributed by atoms with Gasteiger partial charge in [0.2, 0.25) is 0 Å². The first-order valence-corrected chi connectivity index (χ1v) is 8.73. The van der Waals surface area contributed by atoms with Gasteiger partial charge < -0.3 is 20.5 Å². The number of carboxylic acids is 1. The van der Waals surface area contributed by atoms with Crippen molar-refractivity contribution >= 4 is 23.4 Å². The molecule has 29 heavy (non-hydrogen) atoms. The van der Waals surface area contributed by atoms with Gasteiger partial charge in [-0.2, -0.15) is 0 Å². The molecular formula is C22H19FN2O4. The van der Waals surface area contributed by atoms with Crippen LogP contribution in [0.5, 0.6) is 5.75 Å². The zero-order valence-electron chi connectivity index (χ0n) is 15.8.